The minimum absolute atomic E-state index is 0.0150. The molecule has 0 aliphatic heterocycles. The van der Waals surface area contributed by atoms with Crippen molar-refractivity contribution >= 4 is 33.3 Å². The highest BCUT2D eigenvalue weighted by Gasteiger charge is 2.34. The molecule has 3 rings (SSSR count). The van der Waals surface area contributed by atoms with Crippen molar-refractivity contribution in [3.63, 3.8) is 0 Å². The van der Waals surface area contributed by atoms with Crippen LogP contribution in [0.4, 0.5) is 0 Å². The fourth-order valence-electron chi connectivity index (χ4n) is 5.62. The highest BCUT2D eigenvalue weighted by molar-refractivity contribution is 7.91. The lowest BCUT2D eigenvalue weighted by molar-refractivity contribution is -0.132. The fourth-order valence-corrected chi connectivity index (χ4v) is 7.46. The molecular formula is C34H41ClN2O6S. The van der Waals surface area contributed by atoms with Gasteiger partial charge in [-0.1, -0.05) is 80.1 Å². The molecule has 10 heteroatoms. The van der Waals surface area contributed by atoms with Crippen LogP contribution in [-0.4, -0.2) is 60.5 Å². The number of amides is 2. The minimum Gasteiger partial charge on any atom is -0.389 e. The Morgan fingerprint density at radius 1 is 0.932 bits per heavy atom. The molecule has 0 unspecified atom stereocenters. The van der Waals surface area contributed by atoms with Gasteiger partial charge in [0, 0.05) is 17.9 Å². The Morgan fingerprint density at radius 3 is 2.25 bits per heavy atom. The zero-order valence-electron chi connectivity index (χ0n) is 24.7. The highest BCUT2D eigenvalue weighted by atomic mass is 35.5. The van der Waals surface area contributed by atoms with Crippen LogP contribution in [0.1, 0.15) is 56.9 Å². The summed E-state index contributed by atoms with van der Waals surface area (Å²) in [6.07, 6.45) is 13.7. The van der Waals surface area contributed by atoms with Crippen molar-refractivity contribution in [2.24, 2.45) is 11.8 Å². The molecule has 5 atom stereocenters. The number of hydrogen-bond acceptors (Lipinski definition) is 6. The van der Waals surface area contributed by atoms with Gasteiger partial charge in [0.05, 0.1) is 28.7 Å². The number of nitrogens with one attached hydrogen (secondary N) is 2. The van der Waals surface area contributed by atoms with Crippen molar-refractivity contribution in [2.45, 2.75) is 87.0 Å². The minimum atomic E-state index is -3.94. The van der Waals surface area contributed by atoms with E-state index < -0.39 is 57.6 Å². The summed E-state index contributed by atoms with van der Waals surface area (Å²) in [5.41, 5.74) is 0.741. The first-order valence-electron chi connectivity index (χ1n) is 14.9. The second-order valence-corrected chi connectivity index (χ2v) is 13.9. The maximum atomic E-state index is 13.7. The van der Waals surface area contributed by atoms with Gasteiger partial charge in [-0.2, -0.15) is 0 Å². The second kappa shape index (κ2) is 17.2. The summed E-state index contributed by atoms with van der Waals surface area (Å²) in [6, 6.07) is 12.8. The monoisotopic (exact) mass is 640 g/mol. The summed E-state index contributed by atoms with van der Waals surface area (Å²) in [4.78, 5) is 27.2. The summed E-state index contributed by atoms with van der Waals surface area (Å²) < 4.78 is 26.7. The number of benzene rings is 2. The van der Waals surface area contributed by atoms with Gasteiger partial charge in [-0.05, 0) is 42.5 Å². The number of terminal acetylenes is 2. The van der Waals surface area contributed by atoms with Crippen molar-refractivity contribution in [1.29, 1.82) is 0 Å². The van der Waals surface area contributed by atoms with Crippen molar-refractivity contribution in [3.05, 3.63) is 65.2 Å². The molecule has 1 aliphatic rings. The number of rotatable bonds is 15. The predicted octanol–water partition coefficient (Wildman–Crippen LogP) is 3.68. The Hall–Kier alpha value is -3.34. The zero-order valence-corrected chi connectivity index (χ0v) is 26.3. The predicted molar refractivity (Wildman–Crippen MR) is 171 cm³/mol. The Labute approximate surface area is 265 Å². The lowest BCUT2D eigenvalue weighted by atomic mass is 9.82. The first-order valence-corrected chi connectivity index (χ1v) is 16.9. The molecule has 1 saturated carbocycles. The van der Waals surface area contributed by atoms with E-state index >= 15 is 0 Å². The van der Waals surface area contributed by atoms with Crippen molar-refractivity contribution < 1.29 is 28.2 Å². The van der Waals surface area contributed by atoms with E-state index in [1.807, 2.05) is 6.07 Å². The van der Waals surface area contributed by atoms with Crippen LogP contribution in [0.3, 0.4) is 0 Å². The molecule has 44 heavy (non-hydrogen) atoms. The standard InChI is InChI=1S/C34H41ClN2O6S/c1-3-12-29(34(41)37-30(32(39)31(38)13-4-2)21-25-16-9-6-10-17-25)36-33(40)26(20-24-14-7-5-8-15-24)23-44(42,43)28-19-11-18-27(35)22-28/h1-2,5,7-8,11,14-15,18-19,22,25-26,29-32,38-39H,6,9-10,12-13,16-17,20-21,23H2,(H,36,40)(H,37,41)/t26-,29+,30+,31+,32-/m1/s1. The number of halogens is 1. The van der Waals surface area contributed by atoms with Crippen LogP contribution in [0.25, 0.3) is 0 Å². The maximum absolute atomic E-state index is 13.7. The highest BCUT2D eigenvalue weighted by Crippen LogP contribution is 2.29. The van der Waals surface area contributed by atoms with Gasteiger partial charge >= 0.3 is 0 Å². The smallest absolute Gasteiger partial charge is 0.243 e. The van der Waals surface area contributed by atoms with E-state index in [0.29, 0.717) is 6.42 Å². The summed E-state index contributed by atoms with van der Waals surface area (Å²) in [5, 5.41) is 27.1. The molecule has 0 heterocycles. The molecule has 8 nitrogen and oxygen atoms in total. The third kappa shape index (κ3) is 10.7. The van der Waals surface area contributed by atoms with E-state index in [2.05, 4.69) is 22.5 Å². The van der Waals surface area contributed by atoms with Crippen molar-refractivity contribution in [3.8, 4) is 24.7 Å². The molecule has 0 saturated heterocycles. The number of aliphatic hydroxyl groups excluding tert-OH is 2. The summed E-state index contributed by atoms with van der Waals surface area (Å²) in [7, 11) is -3.94. The first-order chi connectivity index (χ1) is 21.0. The molecule has 1 aliphatic carbocycles. The van der Waals surface area contributed by atoms with Crippen LogP contribution < -0.4 is 10.6 Å². The van der Waals surface area contributed by atoms with Gasteiger partial charge in [0.15, 0.2) is 9.84 Å². The fraction of sp³-hybridized carbons (Fsp3) is 0.471. The average Bonchev–Trinajstić information content (AvgIpc) is 3.00. The molecule has 236 valence electrons. The summed E-state index contributed by atoms with van der Waals surface area (Å²) in [5.74, 6) is 2.09. The molecular weight excluding hydrogens is 600 g/mol. The normalized spacial score (nSPS) is 17.2. The summed E-state index contributed by atoms with van der Waals surface area (Å²) in [6.45, 7) is 0. The molecule has 2 aromatic rings. The van der Waals surface area contributed by atoms with Crippen LogP contribution in [-0.2, 0) is 25.8 Å². The van der Waals surface area contributed by atoms with E-state index in [1.54, 1.807) is 30.3 Å². The van der Waals surface area contributed by atoms with Crippen LogP contribution in [0.15, 0.2) is 59.5 Å². The number of aliphatic hydroxyl groups is 2. The molecule has 0 radical (unpaired) electrons. The number of sulfone groups is 1. The van der Waals surface area contributed by atoms with Gasteiger partial charge < -0.3 is 20.8 Å². The molecule has 2 aromatic carbocycles. The molecule has 4 N–H and O–H groups in total. The molecule has 0 spiro atoms. The van der Waals surface area contributed by atoms with E-state index in [9.17, 15) is 28.2 Å². The van der Waals surface area contributed by atoms with Gasteiger partial charge in [-0.3, -0.25) is 9.59 Å². The Kier molecular flexibility index (Phi) is 13.8. The lowest BCUT2D eigenvalue weighted by Crippen LogP contribution is -2.56. The number of carbonyl (C=O) groups is 2. The Balaban J connectivity index is 1.82. The molecule has 2 amide bonds. The second-order valence-electron chi connectivity index (χ2n) is 11.4. The third-order valence-corrected chi connectivity index (χ3v) is 10.0. The Morgan fingerprint density at radius 2 is 1.61 bits per heavy atom. The third-order valence-electron chi connectivity index (χ3n) is 8.00. The molecule has 0 bridgehead atoms. The van der Waals surface area contributed by atoms with Gasteiger partial charge in [0.25, 0.3) is 0 Å². The van der Waals surface area contributed by atoms with Gasteiger partial charge in [-0.15, -0.1) is 24.7 Å². The molecule has 0 aromatic heterocycles. The van der Waals surface area contributed by atoms with E-state index in [4.69, 9.17) is 24.4 Å². The van der Waals surface area contributed by atoms with Crippen LogP contribution in [0, 0.1) is 36.5 Å². The molecule has 1 fully saturated rings. The average molecular weight is 641 g/mol. The number of hydrogen-bond donors (Lipinski definition) is 4. The van der Waals surface area contributed by atoms with Crippen molar-refractivity contribution in [1.82, 2.24) is 10.6 Å². The van der Waals surface area contributed by atoms with Crippen LogP contribution >= 0.6 is 11.6 Å². The van der Waals surface area contributed by atoms with Gasteiger partial charge in [0.1, 0.15) is 12.1 Å². The van der Waals surface area contributed by atoms with Crippen LogP contribution in [0.2, 0.25) is 5.02 Å². The Bertz CT molecular complexity index is 1430. The van der Waals surface area contributed by atoms with Gasteiger partial charge in [-0.25, -0.2) is 8.42 Å². The van der Waals surface area contributed by atoms with Gasteiger partial charge in [0.2, 0.25) is 11.8 Å². The largest absolute Gasteiger partial charge is 0.389 e. The van der Waals surface area contributed by atoms with E-state index in [-0.39, 0.29) is 35.1 Å². The van der Waals surface area contributed by atoms with E-state index in [1.165, 1.54) is 18.2 Å². The van der Waals surface area contributed by atoms with Crippen LogP contribution in [0.5, 0.6) is 0 Å². The zero-order chi connectivity index (χ0) is 32.1. The topological polar surface area (TPSA) is 133 Å². The van der Waals surface area contributed by atoms with Crippen molar-refractivity contribution in [2.75, 3.05) is 5.75 Å². The lowest BCUT2D eigenvalue weighted by Gasteiger charge is -2.33. The summed E-state index contributed by atoms with van der Waals surface area (Å²) >= 11 is 6.03. The SMILES string of the molecule is C#CC[C@H](NC(=O)[C@H](Cc1ccccc1)CS(=O)(=O)c1cccc(Cl)c1)C(=O)N[C@@H](CC1CCCCC1)[C@@H](O)[C@@H](O)CC#C. The van der Waals surface area contributed by atoms with E-state index in [0.717, 1.165) is 37.7 Å². The number of carbonyl (C=O) groups excluding carboxylic acids is 2. The maximum Gasteiger partial charge on any atom is 0.243 e. The quantitative estimate of drug-likeness (QED) is 0.220. The first kappa shape index (κ1) is 35.1.